The van der Waals surface area contributed by atoms with Gasteiger partial charge in [-0.2, -0.15) is 5.10 Å². The Morgan fingerprint density at radius 3 is 2.72 bits per heavy atom. The van der Waals surface area contributed by atoms with Crippen LogP contribution in [0.1, 0.15) is 18.9 Å². The molecule has 2 nitrogen and oxygen atoms in total. The molecule has 0 saturated carbocycles. The standard InChI is InChI=1S/C14H14F2N2/c1-3-5-18-9-11(8-17-18)12-7-14(16)13(15)6-10(12)4-2/h4,6-9H,2-3,5H2,1H3. The molecule has 0 radical (unpaired) electrons. The van der Waals surface area contributed by atoms with Gasteiger partial charge in [0, 0.05) is 18.3 Å². The van der Waals surface area contributed by atoms with Crippen molar-refractivity contribution in [1.82, 2.24) is 9.78 Å². The van der Waals surface area contributed by atoms with Crippen molar-refractivity contribution in [2.75, 3.05) is 0 Å². The average Bonchev–Trinajstić information content (AvgIpc) is 2.81. The number of halogens is 2. The van der Waals surface area contributed by atoms with Crippen LogP contribution in [-0.2, 0) is 6.54 Å². The van der Waals surface area contributed by atoms with Crippen molar-refractivity contribution in [1.29, 1.82) is 0 Å². The Labute approximate surface area is 105 Å². The molecule has 0 aliphatic heterocycles. The Kier molecular flexibility index (Phi) is 3.55. The Hall–Kier alpha value is -1.97. The summed E-state index contributed by atoms with van der Waals surface area (Å²) in [5, 5.41) is 4.18. The van der Waals surface area contributed by atoms with E-state index in [9.17, 15) is 8.78 Å². The zero-order valence-electron chi connectivity index (χ0n) is 10.2. The van der Waals surface area contributed by atoms with Crippen LogP contribution in [0.2, 0.25) is 0 Å². The fourth-order valence-electron chi connectivity index (χ4n) is 1.84. The highest BCUT2D eigenvalue weighted by Gasteiger charge is 2.11. The van der Waals surface area contributed by atoms with Gasteiger partial charge in [0.05, 0.1) is 6.20 Å². The maximum absolute atomic E-state index is 13.3. The molecule has 1 aromatic heterocycles. The molecule has 0 N–H and O–H groups in total. The van der Waals surface area contributed by atoms with E-state index in [0.29, 0.717) is 11.1 Å². The van der Waals surface area contributed by atoms with Crippen molar-refractivity contribution in [3.63, 3.8) is 0 Å². The third-order valence-electron chi connectivity index (χ3n) is 2.71. The van der Waals surface area contributed by atoms with Gasteiger partial charge in [-0.3, -0.25) is 4.68 Å². The molecular formula is C14H14F2N2. The van der Waals surface area contributed by atoms with Gasteiger partial charge in [-0.05, 0) is 29.7 Å². The average molecular weight is 248 g/mol. The summed E-state index contributed by atoms with van der Waals surface area (Å²) >= 11 is 0. The number of benzene rings is 1. The van der Waals surface area contributed by atoms with E-state index < -0.39 is 11.6 Å². The smallest absolute Gasteiger partial charge is 0.159 e. The van der Waals surface area contributed by atoms with Crippen LogP contribution in [0, 0.1) is 11.6 Å². The molecule has 4 heteroatoms. The summed E-state index contributed by atoms with van der Waals surface area (Å²) in [5.74, 6) is -1.73. The molecular weight excluding hydrogens is 234 g/mol. The molecule has 0 atom stereocenters. The molecule has 94 valence electrons. The lowest BCUT2D eigenvalue weighted by atomic mass is 10.0. The van der Waals surface area contributed by atoms with Gasteiger partial charge in [0.25, 0.3) is 0 Å². The van der Waals surface area contributed by atoms with E-state index in [1.54, 1.807) is 10.9 Å². The second kappa shape index (κ2) is 5.12. The molecule has 1 aromatic carbocycles. The van der Waals surface area contributed by atoms with Crippen LogP contribution < -0.4 is 0 Å². The minimum atomic E-state index is -0.866. The maximum atomic E-state index is 13.3. The highest BCUT2D eigenvalue weighted by Crippen LogP contribution is 2.26. The Bertz CT molecular complexity index is 573. The number of hydrogen-bond donors (Lipinski definition) is 0. The van der Waals surface area contributed by atoms with Crippen LogP contribution in [0.3, 0.4) is 0 Å². The molecule has 1 heterocycles. The van der Waals surface area contributed by atoms with E-state index in [4.69, 9.17) is 0 Å². The van der Waals surface area contributed by atoms with Gasteiger partial charge in [-0.15, -0.1) is 0 Å². The summed E-state index contributed by atoms with van der Waals surface area (Å²) < 4.78 is 28.2. The SMILES string of the molecule is C=Cc1cc(F)c(F)cc1-c1cnn(CCC)c1. The van der Waals surface area contributed by atoms with Gasteiger partial charge in [0.1, 0.15) is 0 Å². The third kappa shape index (κ3) is 2.32. The summed E-state index contributed by atoms with van der Waals surface area (Å²) in [6, 6.07) is 2.33. The van der Waals surface area contributed by atoms with Gasteiger partial charge in [-0.25, -0.2) is 8.78 Å². The number of aromatic nitrogens is 2. The van der Waals surface area contributed by atoms with Crippen LogP contribution in [0.4, 0.5) is 8.78 Å². The normalized spacial score (nSPS) is 10.6. The number of rotatable bonds is 4. The number of nitrogens with zero attached hydrogens (tertiary/aromatic N) is 2. The van der Waals surface area contributed by atoms with Gasteiger partial charge in [0.2, 0.25) is 0 Å². The number of hydrogen-bond acceptors (Lipinski definition) is 1. The minimum absolute atomic E-state index is 0.560. The zero-order valence-corrected chi connectivity index (χ0v) is 10.2. The molecule has 0 saturated heterocycles. The maximum Gasteiger partial charge on any atom is 0.159 e. The van der Waals surface area contributed by atoms with Crippen molar-refractivity contribution in [2.24, 2.45) is 0 Å². The lowest BCUT2D eigenvalue weighted by molar-refractivity contribution is 0.509. The van der Waals surface area contributed by atoms with Crippen molar-refractivity contribution >= 4 is 6.08 Å². The first kappa shape index (κ1) is 12.5. The van der Waals surface area contributed by atoms with Crippen LogP contribution >= 0.6 is 0 Å². The van der Waals surface area contributed by atoms with E-state index >= 15 is 0 Å². The predicted molar refractivity (Wildman–Crippen MR) is 68.0 cm³/mol. The molecule has 0 aliphatic rings. The van der Waals surface area contributed by atoms with Gasteiger partial charge in [-0.1, -0.05) is 19.6 Å². The zero-order chi connectivity index (χ0) is 13.1. The van der Waals surface area contributed by atoms with Crippen LogP contribution in [-0.4, -0.2) is 9.78 Å². The first-order chi connectivity index (χ1) is 8.65. The second-order valence-corrected chi connectivity index (χ2v) is 4.05. The van der Waals surface area contributed by atoms with Crippen molar-refractivity contribution in [2.45, 2.75) is 19.9 Å². The molecule has 0 fully saturated rings. The quantitative estimate of drug-likeness (QED) is 0.802. The monoisotopic (exact) mass is 248 g/mol. The van der Waals surface area contributed by atoms with Crippen LogP contribution in [0.25, 0.3) is 17.2 Å². The Morgan fingerprint density at radius 2 is 2.06 bits per heavy atom. The lowest BCUT2D eigenvalue weighted by Crippen LogP contribution is -1.95. The molecule has 0 amide bonds. The predicted octanol–water partition coefficient (Wildman–Crippen LogP) is 3.88. The summed E-state index contributed by atoms with van der Waals surface area (Å²) in [6.07, 6.45) is 5.95. The Balaban J connectivity index is 2.48. The molecule has 0 unspecified atom stereocenters. The molecule has 0 aliphatic carbocycles. The van der Waals surface area contributed by atoms with Crippen molar-refractivity contribution in [3.8, 4) is 11.1 Å². The van der Waals surface area contributed by atoms with E-state index in [1.165, 1.54) is 12.1 Å². The first-order valence-corrected chi connectivity index (χ1v) is 5.80. The summed E-state index contributed by atoms with van der Waals surface area (Å²) in [7, 11) is 0. The molecule has 2 aromatic rings. The summed E-state index contributed by atoms with van der Waals surface area (Å²) in [4.78, 5) is 0. The van der Waals surface area contributed by atoms with Gasteiger partial charge >= 0.3 is 0 Å². The van der Waals surface area contributed by atoms with E-state index in [-0.39, 0.29) is 0 Å². The van der Waals surface area contributed by atoms with Gasteiger partial charge < -0.3 is 0 Å². The highest BCUT2D eigenvalue weighted by atomic mass is 19.2. The molecule has 0 spiro atoms. The fraction of sp³-hybridized carbons (Fsp3) is 0.214. The van der Waals surface area contributed by atoms with E-state index in [0.717, 1.165) is 24.6 Å². The van der Waals surface area contributed by atoms with Crippen molar-refractivity contribution in [3.05, 3.63) is 48.3 Å². The first-order valence-electron chi connectivity index (χ1n) is 5.80. The molecule has 18 heavy (non-hydrogen) atoms. The summed E-state index contributed by atoms with van der Waals surface area (Å²) in [6.45, 7) is 6.46. The van der Waals surface area contributed by atoms with E-state index in [1.807, 2.05) is 13.1 Å². The summed E-state index contributed by atoms with van der Waals surface area (Å²) in [5.41, 5.74) is 1.92. The molecule has 0 bridgehead atoms. The topological polar surface area (TPSA) is 17.8 Å². The largest absolute Gasteiger partial charge is 0.272 e. The second-order valence-electron chi connectivity index (χ2n) is 4.05. The third-order valence-corrected chi connectivity index (χ3v) is 2.71. The van der Waals surface area contributed by atoms with E-state index in [2.05, 4.69) is 11.7 Å². The minimum Gasteiger partial charge on any atom is -0.272 e. The van der Waals surface area contributed by atoms with Crippen LogP contribution in [0.15, 0.2) is 31.1 Å². The fourth-order valence-corrected chi connectivity index (χ4v) is 1.84. The lowest BCUT2D eigenvalue weighted by Gasteiger charge is -2.04. The Morgan fingerprint density at radius 1 is 1.33 bits per heavy atom. The number of aryl methyl sites for hydroxylation is 1. The highest BCUT2D eigenvalue weighted by molar-refractivity contribution is 5.74. The molecule has 2 rings (SSSR count). The van der Waals surface area contributed by atoms with Crippen molar-refractivity contribution < 1.29 is 8.78 Å². The van der Waals surface area contributed by atoms with Gasteiger partial charge in [0.15, 0.2) is 11.6 Å². The van der Waals surface area contributed by atoms with Crippen LogP contribution in [0.5, 0.6) is 0 Å².